The Morgan fingerprint density at radius 2 is 1.40 bits per heavy atom. The van der Waals surface area contributed by atoms with E-state index in [4.69, 9.17) is 0 Å². The number of hydrogen-bond donors (Lipinski definition) is 0. The molecule has 4 aromatic carbocycles. The summed E-state index contributed by atoms with van der Waals surface area (Å²) in [5.41, 5.74) is 4.28. The summed E-state index contributed by atoms with van der Waals surface area (Å²) >= 11 is 0. The Bertz CT molecular complexity index is 1800. The molecule has 6 nitrogen and oxygen atoms in total. The van der Waals surface area contributed by atoms with Crippen LogP contribution in [0.5, 0.6) is 0 Å². The fourth-order valence-electron chi connectivity index (χ4n) is 6.45. The normalized spacial score (nSPS) is 14.0. The monoisotopic (exact) mass is 709 g/mol. The SMILES string of the molecule is CCCCCc1ccc(CN(C(=O)C=Cc2ccc(C(F)(F)F)cc2)[C@@H](Cc2ccccc2)C(=O)N2CCN(c3ccc(C(C)=O)cc3)CC2)cc1. The number of alkyl halides is 3. The van der Waals surface area contributed by atoms with Crippen molar-refractivity contribution in [1.82, 2.24) is 9.80 Å². The van der Waals surface area contributed by atoms with Crippen molar-refractivity contribution in [2.24, 2.45) is 0 Å². The number of unbranched alkanes of at least 4 members (excludes halogenated alkanes) is 2. The van der Waals surface area contributed by atoms with Gasteiger partial charge in [0.1, 0.15) is 6.04 Å². The number of aryl methyl sites for hydroxylation is 1. The topological polar surface area (TPSA) is 60.9 Å². The van der Waals surface area contributed by atoms with Crippen LogP contribution < -0.4 is 4.90 Å². The van der Waals surface area contributed by atoms with Gasteiger partial charge in [-0.05, 0) is 84.5 Å². The number of carbonyl (C=O) groups is 3. The van der Waals surface area contributed by atoms with Crippen LogP contribution in [0.15, 0.2) is 109 Å². The van der Waals surface area contributed by atoms with Gasteiger partial charge in [0.15, 0.2) is 5.78 Å². The van der Waals surface area contributed by atoms with E-state index < -0.39 is 23.7 Å². The molecule has 1 aliphatic rings. The second-order valence-electron chi connectivity index (χ2n) is 13.3. The van der Waals surface area contributed by atoms with Crippen LogP contribution in [0.4, 0.5) is 18.9 Å². The van der Waals surface area contributed by atoms with Gasteiger partial charge in [-0.25, -0.2) is 0 Å². The van der Waals surface area contributed by atoms with Gasteiger partial charge in [-0.1, -0.05) is 86.5 Å². The number of ketones is 1. The average molecular weight is 710 g/mol. The lowest BCUT2D eigenvalue weighted by Crippen LogP contribution is -2.56. The van der Waals surface area contributed by atoms with Crippen LogP contribution in [-0.4, -0.2) is 59.6 Å². The lowest BCUT2D eigenvalue weighted by Gasteiger charge is -2.40. The van der Waals surface area contributed by atoms with E-state index in [1.807, 2.05) is 71.6 Å². The Morgan fingerprint density at radius 3 is 2.00 bits per heavy atom. The average Bonchev–Trinajstić information content (AvgIpc) is 3.16. The van der Waals surface area contributed by atoms with Crippen molar-refractivity contribution < 1.29 is 27.6 Å². The molecule has 1 heterocycles. The number of anilines is 1. The van der Waals surface area contributed by atoms with E-state index in [-0.39, 0.29) is 18.2 Å². The van der Waals surface area contributed by atoms with Crippen LogP contribution in [0.1, 0.15) is 71.3 Å². The number of halogens is 3. The number of Topliss-reactive ketones (excluding diaryl/α,β-unsaturated/α-hetero) is 1. The Kier molecular flexibility index (Phi) is 13.1. The fraction of sp³-hybridized carbons (Fsp3) is 0.326. The van der Waals surface area contributed by atoms with Gasteiger partial charge >= 0.3 is 6.18 Å². The molecule has 2 amide bonds. The van der Waals surface area contributed by atoms with E-state index in [0.29, 0.717) is 43.7 Å². The summed E-state index contributed by atoms with van der Waals surface area (Å²) in [6.07, 6.45) is 3.02. The standard InChI is InChI=1S/C43H46F3N3O3/c1-3-4-6-9-33-12-14-36(15-13-33)31-49(41(51)25-18-34-16-21-38(22-17-34)43(44,45)46)40(30-35-10-7-5-8-11-35)42(52)48-28-26-47(27-29-48)39-23-19-37(20-24-39)32(2)50/h5,7-8,10-25,40H,3-4,6,9,26-31H2,1-2H3/t40-/m0/s1. The van der Waals surface area contributed by atoms with E-state index in [1.54, 1.807) is 4.90 Å². The van der Waals surface area contributed by atoms with Crippen molar-refractivity contribution in [3.63, 3.8) is 0 Å². The van der Waals surface area contributed by atoms with Crippen molar-refractivity contribution in [2.45, 2.75) is 64.7 Å². The van der Waals surface area contributed by atoms with E-state index >= 15 is 0 Å². The van der Waals surface area contributed by atoms with E-state index in [9.17, 15) is 27.6 Å². The maximum atomic E-state index is 14.6. The van der Waals surface area contributed by atoms with Gasteiger partial charge in [0, 0.05) is 56.5 Å². The molecule has 0 radical (unpaired) electrons. The molecule has 4 aromatic rings. The Labute approximate surface area is 304 Å². The van der Waals surface area contributed by atoms with Gasteiger partial charge in [-0.2, -0.15) is 13.2 Å². The van der Waals surface area contributed by atoms with Gasteiger partial charge in [-0.3, -0.25) is 14.4 Å². The molecule has 0 aliphatic carbocycles. The van der Waals surface area contributed by atoms with Gasteiger partial charge < -0.3 is 14.7 Å². The molecule has 9 heteroatoms. The number of amides is 2. The van der Waals surface area contributed by atoms with Crippen LogP contribution in [0.25, 0.3) is 6.08 Å². The van der Waals surface area contributed by atoms with E-state index in [2.05, 4.69) is 24.0 Å². The highest BCUT2D eigenvalue weighted by Crippen LogP contribution is 2.29. The molecule has 0 unspecified atom stereocenters. The molecular formula is C43H46F3N3O3. The van der Waals surface area contributed by atoms with Gasteiger partial charge in [0.2, 0.25) is 11.8 Å². The Balaban J connectivity index is 1.41. The first-order valence-electron chi connectivity index (χ1n) is 17.9. The molecule has 0 spiro atoms. The summed E-state index contributed by atoms with van der Waals surface area (Å²) in [5, 5.41) is 0. The fourth-order valence-corrected chi connectivity index (χ4v) is 6.45. The molecule has 1 saturated heterocycles. The molecule has 52 heavy (non-hydrogen) atoms. The number of piperazine rings is 1. The molecule has 5 rings (SSSR count). The minimum atomic E-state index is -4.46. The largest absolute Gasteiger partial charge is 0.416 e. The quantitative estimate of drug-likeness (QED) is 0.0748. The van der Waals surface area contributed by atoms with Crippen LogP contribution in [0.2, 0.25) is 0 Å². The summed E-state index contributed by atoms with van der Waals surface area (Å²) in [5.74, 6) is -0.573. The first kappa shape index (κ1) is 38.1. The van der Waals surface area contributed by atoms with Crippen molar-refractivity contribution in [2.75, 3.05) is 31.1 Å². The second kappa shape index (κ2) is 17.8. The van der Waals surface area contributed by atoms with Crippen LogP contribution in [-0.2, 0) is 35.2 Å². The maximum Gasteiger partial charge on any atom is 0.416 e. The number of hydrogen-bond acceptors (Lipinski definition) is 4. The third-order valence-corrected chi connectivity index (χ3v) is 9.55. The number of nitrogens with zero attached hydrogens (tertiary/aromatic N) is 3. The molecule has 1 atom stereocenters. The number of rotatable bonds is 14. The molecule has 0 saturated carbocycles. The summed E-state index contributed by atoms with van der Waals surface area (Å²) in [7, 11) is 0. The van der Waals surface area contributed by atoms with E-state index in [0.717, 1.165) is 54.6 Å². The third kappa shape index (κ3) is 10.4. The molecule has 0 N–H and O–H groups in total. The van der Waals surface area contributed by atoms with Gasteiger partial charge in [-0.15, -0.1) is 0 Å². The van der Waals surface area contributed by atoms with Crippen molar-refractivity contribution >= 4 is 29.4 Å². The predicted molar refractivity (Wildman–Crippen MR) is 200 cm³/mol. The highest BCUT2D eigenvalue weighted by atomic mass is 19.4. The van der Waals surface area contributed by atoms with E-state index in [1.165, 1.54) is 36.8 Å². The number of carbonyl (C=O) groups excluding carboxylic acids is 3. The summed E-state index contributed by atoms with van der Waals surface area (Å²) < 4.78 is 39.5. The minimum Gasteiger partial charge on any atom is -0.368 e. The van der Waals surface area contributed by atoms with Crippen LogP contribution in [0, 0.1) is 0 Å². The molecule has 0 bridgehead atoms. The minimum absolute atomic E-state index is 0.00245. The van der Waals surface area contributed by atoms with Gasteiger partial charge in [0.05, 0.1) is 5.56 Å². The Hall–Kier alpha value is -5.18. The highest BCUT2D eigenvalue weighted by molar-refractivity contribution is 5.96. The first-order chi connectivity index (χ1) is 25.0. The number of benzene rings is 4. The van der Waals surface area contributed by atoms with Crippen molar-refractivity contribution in [1.29, 1.82) is 0 Å². The summed E-state index contributed by atoms with van der Waals surface area (Å²) in [4.78, 5) is 46.1. The van der Waals surface area contributed by atoms with Crippen molar-refractivity contribution in [3.8, 4) is 0 Å². The molecule has 0 aromatic heterocycles. The van der Waals surface area contributed by atoms with Crippen LogP contribution in [0.3, 0.4) is 0 Å². The van der Waals surface area contributed by atoms with Crippen molar-refractivity contribution in [3.05, 3.63) is 143 Å². The zero-order valence-corrected chi connectivity index (χ0v) is 29.8. The molecule has 1 fully saturated rings. The maximum absolute atomic E-state index is 14.6. The smallest absolute Gasteiger partial charge is 0.368 e. The predicted octanol–water partition coefficient (Wildman–Crippen LogP) is 8.64. The molecular weight excluding hydrogens is 663 g/mol. The third-order valence-electron chi connectivity index (χ3n) is 9.55. The highest BCUT2D eigenvalue weighted by Gasteiger charge is 2.34. The summed E-state index contributed by atoms with van der Waals surface area (Å²) in [6.45, 7) is 5.96. The molecule has 272 valence electrons. The zero-order chi connectivity index (χ0) is 37.1. The summed E-state index contributed by atoms with van der Waals surface area (Å²) in [6, 6.07) is 29.0. The van der Waals surface area contributed by atoms with Crippen LogP contribution >= 0.6 is 0 Å². The lowest BCUT2D eigenvalue weighted by molar-refractivity contribution is -0.144. The molecule has 1 aliphatic heterocycles. The lowest BCUT2D eigenvalue weighted by atomic mass is 10.0. The first-order valence-corrected chi connectivity index (χ1v) is 17.9. The van der Waals surface area contributed by atoms with Gasteiger partial charge in [0.25, 0.3) is 0 Å². The Morgan fingerprint density at radius 1 is 0.769 bits per heavy atom. The zero-order valence-electron chi connectivity index (χ0n) is 29.8. The second-order valence-corrected chi connectivity index (χ2v) is 13.3.